The average molecular weight is 395 g/mol. The molecule has 1 heterocycles. The van der Waals surface area contributed by atoms with Crippen LogP contribution in [0.4, 0.5) is 13.2 Å². The Morgan fingerprint density at radius 2 is 1.67 bits per heavy atom. The fourth-order valence-corrected chi connectivity index (χ4v) is 2.98. The SMILES string of the molecule is CCC[C@H]1CO[C@H](c2cc(F)c(C#Cc3ccc(Cl)c(F)c3)c(F)c2)OC1. The van der Waals surface area contributed by atoms with E-state index in [0.29, 0.717) is 19.1 Å². The van der Waals surface area contributed by atoms with E-state index in [2.05, 4.69) is 18.8 Å². The summed E-state index contributed by atoms with van der Waals surface area (Å²) in [6, 6.07) is 6.22. The molecule has 0 aromatic heterocycles. The largest absolute Gasteiger partial charge is 0.348 e. The van der Waals surface area contributed by atoms with E-state index in [0.717, 1.165) is 31.0 Å². The number of benzene rings is 2. The maximum absolute atomic E-state index is 14.4. The van der Waals surface area contributed by atoms with Crippen LogP contribution < -0.4 is 0 Å². The summed E-state index contributed by atoms with van der Waals surface area (Å²) in [5.74, 6) is 2.95. The molecule has 0 atom stereocenters. The third-order valence-electron chi connectivity index (χ3n) is 4.25. The van der Waals surface area contributed by atoms with Gasteiger partial charge < -0.3 is 9.47 Å². The van der Waals surface area contributed by atoms with Crippen LogP contribution in [0.3, 0.4) is 0 Å². The van der Waals surface area contributed by atoms with E-state index in [4.69, 9.17) is 21.1 Å². The molecule has 0 spiro atoms. The van der Waals surface area contributed by atoms with Gasteiger partial charge in [-0.25, -0.2) is 13.2 Å². The Balaban J connectivity index is 1.78. The minimum absolute atomic E-state index is 0.0454. The average Bonchev–Trinajstić information content (AvgIpc) is 2.64. The van der Waals surface area contributed by atoms with Crippen LogP contribution in [0, 0.1) is 35.2 Å². The molecule has 0 N–H and O–H groups in total. The first kappa shape index (κ1) is 19.8. The van der Waals surface area contributed by atoms with Crippen LogP contribution in [0.25, 0.3) is 0 Å². The Morgan fingerprint density at radius 1 is 1.00 bits per heavy atom. The molecule has 27 heavy (non-hydrogen) atoms. The van der Waals surface area contributed by atoms with E-state index in [1.54, 1.807) is 0 Å². The van der Waals surface area contributed by atoms with Gasteiger partial charge in [-0.3, -0.25) is 0 Å². The van der Waals surface area contributed by atoms with Crippen molar-refractivity contribution in [3.63, 3.8) is 0 Å². The Labute approximate surface area is 161 Å². The summed E-state index contributed by atoms with van der Waals surface area (Å²) < 4.78 is 53.3. The lowest BCUT2D eigenvalue weighted by Gasteiger charge is -2.29. The lowest BCUT2D eigenvalue weighted by Crippen LogP contribution is -2.27. The highest BCUT2D eigenvalue weighted by Gasteiger charge is 2.24. The summed E-state index contributed by atoms with van der Waals surface area (Å²) >= 11 is 5.60. The first-order chi connectivity index (χ1) is 13.0. The highest BCUT2D eigenvalue weighted by Crippen LogP contribution is 2.29. The van der Waals surface area contributed by atoms with Crippen LogP contribution in [0.1, 0.15) is 42.7 Å². The van der Waals surface area contributed by atoms with Crippen molar-refractivity contribution in [1.29, 1.82) is 0 Å². The zero-order chi connectivity index (χ0) is 19.4. The smallest absolute Gasteiger partial charge is 0.184 e. The topological polar surface area (TPSA) is 18.5 Å². The monoisotopic (exact) mass is 394 g/mol. The molecule has 2 nitrogen and oxygen atoms in total. The van der Waals surface area contributed by atoms with Gasteiger partial charge in [0.1, 0.15) is 17.5 Å². The van der Waals surface area contributed by atoms with Crippen molar-refractivity contribution in [3.05, 3.63) is 69.5 Å². The molecule has 0 aliphatic carbocycles. The fourth-order valence-electron chi connectivity index (χ4n) is 2.87. The number of halogens is 4. The van der Waals surface area contributed by atoms with Gasteiger partial charge in [-0.15, -0.1) is 0 Å². The van der Waals surface area contributed by atoms with Crippen molar-refractivity contribution in [2.45, 2.75) is 26.1 Å². The third-order valence-corrected chi connectivity index (χ3v) is 4.56. The van der Waals surface area contributed by atoms with Gasteiger partial charge in [0, 0.05) is 17.0 Å². The lowest BCUT2D eigenvalue weighted by atomic mass is 10.0. The number of hydrogen-bond donors (Lipinski definition) is 0. The van der Waals surface area contributed by atoms with Gasteiger partial charge in [0.15, 0.2) is 6.29 Å². The van der Waals surface area contributed by atoms with E-state index < -0.39 is 29.3 Å². The molecule has 3 rings (SSSR count). The summed E-state index contributed by atoms with van der Waals surface area (Å²) in [4.78, 5) is 0. The van der Waals surface area contributed by atoms with Crippen LogP contribution in [0.15, 0.2) is 30.3 Å². The third kappa shape index (κ3) is 4.84. The molecule has 6 heteroatoms. The van der Waals surface area contributed by atoms with E-state index >= 15 is 0 Å². The standard InChI is InChI=1S/C21H18ClF3O2/c1-2-3-14-11-26-21(27-12-14)15-9-18(23)16(19(24)10-15)6-4-13-5-7-17(22)20(25)8-13/h5,7-10,14,21H,2-3,11-12H2,1H3/t14-,21-. The molecule has 0 amide bonds. The highest BCUT2D eigenvalue weighted by molar-refractivity contribution is 6.30. The quantitative estimate of drug-likeness (QED) is 0.629. The second kappa shape index (κ2) is 8.79. The first-order valence-electron chi connectivity index (χ1n) is 8.67. The number of ether oxygens (including phenoxy) is 2. The maximum Gasteiger partial charge on any atom is 0.184 e. The van der Waals surface area contributed by atoms with E-state index in [9.17, 15) is 13.2 Å². The summed E-state index contributed by atoms with van der Waals surface area (Å²) in [6.07, 6.45) is 1.21. The zero-order valence-corrected chi connectivity index (χ0v) is 15.5. The van der Waals surface area contributed by atoms with Crippen LogP contribution in [0.2, 0.25) is 5.02 Å². The molecule has 0 radical (unpaired) electrons. The van der Waals surface area contributed by atoms with Gasteiger partial charge in [-0.1, -0.05) is 36.8 Å². The summed E-state index contributed by atoms with van der Waals surface area (Å²) in [6.45, 7) is 3.06. The molecule has 0 bridgehead atoms. The normalized spacial score (nSPS) is 19.4. The molecule has 1 saturated heterocycles. The second-order valence-electron chi connectivity index (χ2n) is 6.39. The predicted molar refractivity (Wildman–Crippen MR) is 96.8 cm³/mol. The van der Waals surface area contributed by atoms with E-state index in [-0.39, 0.29) is 16.1 Å². The van der Waals surface area contributed by atoms with Crippen molar-refractivity contribution in [1.82, 2.24) is 0 Å². The summed E-state index contributed by atoms with van der Waals surface area (Å²) in [7, 11) is 0. The molecule has 142 valence electrons. The van der Waals surface area contributed by atoms with Crippen LogP contribution in [-0.4, -0.2) is 13.2 Å². The molecule has 1 aliphatic heterocycles. The summed E-state index contributed by atoms with van der Waals surface area (Å²) in [5, 5.41) is -0.0454. The number of rotatable bonds is 3. The van der Waals surface area contributed by atoms with Gasteiger partial charge in [-0.2, -0.15) is 0 Å². The number of hydrogen-bond acceptors (Lipinski definition) is 2. The van der Waals surface area contributed by atoms with Crippen molar-refractivity contribution in [3.8, 4) is 11.8 Å². The van der Waals surface area contributed by atoms with Crippen LogP contribution >= 0.6 is 11.6 Å². The van der Waals surface area contributed by atoms with Gasteiger partial charge in [0.05, 0.1) is 23.8 Å². The fraction of sp³-hybridized carbons (Fsp3) is 0.333. The minimum Gasteiger partial charge on any atom is -0.348 e. The van der Waals surface area contributed by atoms with E-state index in [1.807, 2.05) is 0 Å². The van der Waals surface area contributed by atoms with Gasteiger partial charge in [0.2, 0.25) is 0 Å². The minimum atomic E-state index is -0.824. The second-order valence-corrected chi connectivity index (χ2v) is 6.80. The van der Waals surface area contributed by atoms with Gasteiger partial charge >= 0.3 is 0 Å². The molecular formula is C21H18ClF3O2. The Hall–Kier alpha value is -2.00. The van der Waals surface area contributed by atoms with Gasteiger partial charge in [-0.05, 0) is 36.8 Å². The van der Waals surface area contributed by atoms with Crippen molar-refractivity contribution in [2.75, 3.05) is 13.2 Å². The Kier molecular flexibility index (Phi) is 6.43. The van der Waals surface area contributed by atoms with Crippen LogP contribution in [0.5, 0.6) is 0 Å². The Morgan fingerprint density at radius 3 is 2.26 bits per heavy atom. The molecule has 0 unspecified atom stereocenters. The van der Waals surface area contributed by atoms with Crippen molar-refractivity contribution in [2.24, 2.45) is 5.92 Å². The molecular weight excluding hydrogens is 377 g/mol. The molecule has 1 fully saturated rings. The maximum atomic E-state index is 14.4. The van der Waals surface area contributed by atoms with Crippen molar-refractivity contribution < 1.29 is 22.6 Å². The van der Waals surface area contributed by atoms with Crippen molar-refractivity contribution >= 4 is 11.6 Å². The predicted octanol–water partition coefficient (Wildman–Crippen LogP) is 5.62. The van der Waals surface area contributed by atoms with E-state index in [1.165, 1.54) is 12.1 Å². The zero-order valence-electron chi connectivity index (χ0n) is 14.7. The summed E-state index contributed by atoms with van der Waals surface area (Å²) in [5.41, 5.74) is 0.137. The lowest BCUT2D eigenvalue weighted by molar-refractivity contribution is -0.206. The molecule has 0 saturated carbocycles. The highest BCUT2D eigenvalue weighted by atomic mass is 35.5. The molecule has 1 aliphatic rings. The van der Waals surface area contributed by atoms with Gasteiger partial charge in [0.25, 0.3) is 0 Å². The molecule has 2 aromatic rings. The molecule has 2 aromatic carbocycles. The van der Waals surface area contributed by atoms with Crippen LogP contribution in [-0.2, 0) is 9.47 Å². The Bertz CT molecular complexity index is 858. The first-order valence-corrected chi connectivity index (χ1v) is 9.05.